The van der Waals surface area contributed by atoms with E-state index in [-0.39, 0.29) is 0 Å². The zero-order valence-corrected chi connectivity index (χ0v) is 25.1. The second-order valence-electron chi connectivity index (χ2n) is 17.0. The van der Waals surface area contributed by atoms with E-state index in [0.717, 1.165) is 94.7 Å². The molecule has 0 nitrogen and oxygen atoms in total. The van der Waals surface area contributed by atoms with Crippen LogP contribution in [-0.4, -0.2) is 0 Å². The fourth-order valence-corrected chi connectivity index (χ4v) is 14.0. The topological polar surface area (TPSA) is 0 Å². The van der Waals surface area contributed by atoms with Crippen LogP contribution in [0.3, 0.4) is 0 Å². The highest BCUT2D eigenvalue weighted by atomic mass is 14.6. The molecule has 0 bridgehead atoms. The van der Waals surface area contributed by atoms with Crippen LogP contribution in [0, 0.1) is 94.7 Å². The number of rotatable bonds is 4. The standard InChI is InChI=1S/C38H60/c1-3-24-22-36(24)31-19-23(2)18-30(21-31)33-15-11-27-12-16-34-32(14-10-26-13-17-35(33)38(27)37(26)34)29-9-8-25-6-4-5-7-28(25)20-29/h10,14,23-38H,3-9,11-13,15-22H2,1-2H3. The predicted molar refractivity (Wildman–Crippen MR) is 159 cm³/mol. The lowest BCUT2D eigenvalue weighted by atomic mass is 9.43. The predicted octanol–water partition coefficient (Wildman–Crippen LogP) is 10.6. The van der Waals surface area contributed by atoms with Crippen LogP contribution in [0.2, 0.25) is 0 Å². The van der Waals surface area contributed by atoms with Crippen LogP contribution >= 0.6 is 0 Å². The first-order chi connectivity index (χ1) is 18.7. The maximum atomic E-state index is 2.85. The van der Waals surface area contributed by atoms with Crippen LogP contribution in [-0.2, 0) is 0 Å². The van der Waals surface area contributed by atoms with E-state index in [0.29, 0.717) is 0 Å². The highest BCUT2D eigenvalue weighted by molar-refractivity contribution is 5.14. The van der Waals surface area contributed by atoms with Crippen LogP contribution in [0.25, 0.3) is 0 Å². The number of hydrogen-bond acceptors (Lipinski definition) is 0. The van der Waals surface area contributed by atoms with Crippen molar-refractivity contribution in [1.82, 2.24) is 0 Å². The molecule has 16 atom stereocenters. The second kappa shape index (κ2) is 10.2. The molecule has 212 valence electrons. The minimum absolute atomic E-state index is 0.958. The molecule has 8 aliphatic rings. The molecule has 0 N–H and O–H groups in total. The Morgan fingerprint density at radius 2 is 1.18 bits per heavy atom. The molecule has 0 aliphatic heterocycles. The quantitative estimate of drug-likeness (QED) is 0.326. The highest BCUT2D eigenvalue weighted by Gasteiger charge is 2.57. The van der Waals surface area contributed by atoms with E-state index in [4.69, 9.17) is 0 Å². The molecule has 0 saturated heterocycles. The lowest BCUT2D eigenvalue weighted by molar-refractivity contribution is -0.108. The normalized spacial score (nSPS) is 57.5. The molecule has 0 spiro atoms. The summed E-state index contributed by atoms with van der Waals surface area (Å²) in [4.78, 5) is 0. The summed E-state index contributed by atoms with van der Waals surface area (Å²) >= 11 is 0. The Balaban J connectivity index is 1.01. The molecule has 7 saturated carbocycles. The molecule has 0 heterocycles. The van der Waals surface area contributed by atoms with Crippen molar-refractivity contribution in [3.05, 3.63) is 12.2 Å². The summed E-state index contributed by atoms with van der Waals surface area (Å²) in [5, 5.41) is 0. The van der Waals surface area contributed by atoms with Gasteiger partial charge in [0.15, 0.2) is 0 Å². The van der Waals surface area contributed by atoms with Crippen molar-refractivity contribution in [2.24, 2.45) is 94.7 Å². The smallest absolute Gasteiger partial charge is 0.0174 e. The molecule has 8 rings (SSSR count). The van der Waals surface area contributed by atoms with E-state index >= 15 is 0 Å². The van der Waals surface area contributed by atoms with E-state index in [1.807, 2.05) is 0 Å². The van der Waals surface area contributed by atoms with Crippen molar-refractivity contribution >= 4 is 0 Å². The van der Waals surface area contributed by atoms with Crippen molar-refractivity contribution in [2.45, 2.75) is 129 Å². The Bertz CT molecular complexity index is 869. The van der Waals surface area contributed by atoms with Crippen molar-refractivity contribution in [1.29, 1.82) is 0 Å². The van der Waals surface area contributed by atoms with Gasteiger partial charge >= 0.3 is 0 Å². The number of allylic oxidation sites excluding steroid dienone is 2. The third-order valence-corrected chi connectivity index (χ3v) is 15.5. The Morgan fingerprint density at radius 3 is 2.00 bits per heavy atom. The molecule has 0 radical (unpaired) electrons. The van der Waals surface area contributed by atoms with Crippen LogP contribution in [0.5, 0.6) is 0 Å². The largest absolute Gasteiger partial charge is 0.0848 e. The first-order valence-electron chi connectivity index (χ1n) is 18.4. The minimum atomic E-state index is 0.958. The van der Waals surface area contributed by atoms with Gasteiger partial charge in [0.05, 0.1) is 0 Å². The zero-order chi connectivity index (χ0) is 25.4. The summed E-state index contributed by atoms with van der Waals surface area (Å²) < 4.78 is 0. The molecule has 38 heavy (non-hydrogen) atoms. The summed E-state index contributed by atoms with van der Waals surface area (Å²) in [6.45, 7) is 5.10. The molecule has 7 fully saturated rings. The van der Waals surface area contributed by atoms with Gasteiger partial charge in [0, 0.05) is 0 Å². The fourth-order valence-electron chi connectivity index (χ4n) is 14.0. The van der Waals surface area contributed by atoms with Crippen LogP contribution in [0.15, 0.2) is 12.2 Å². The van der Waals surface area contributed by atoms with Gasteiger partial charge in [-0.1, -0.05) is 58.1 Å². The number of fused-ring (bicyclic) bond motifs is 1. The molecule has 0 aromatic heterocycles. The van der Waals surface area contributed by atoms with E-state index < -0.39 is 0 Å². The Labute approximate surface area is 236 Å². The minimum Gasteiger partial charge on any atom is -0.0848 e. The zero-order valence-electron chi connectivity index (χ0n) is 25.1. The highest BCUT2D eigenvalue weighted by Crippen LogP contribution is 2.65. The molecular formula is C38H60. The Hall–Kier alpha value is -0.260. The number of hydrogen-bond donors (Lipinski definition) is 0. The van der Waals surface area contributed by atoms with Crippen molar-refractivity contribution in [3.63, 3.8) is 0 Å². The maximum absolute atomic E-state index is 2.85. The summed E-state index contributed by atoms with van der Waals surface area (Å²) in [7, 11) is 0. The molecule has 0 heteroatoms. The SMILES string of the molecule is CCC1CC1C1CC(C)CC(C2CCC3CCC4C(C5CCC6CCCCC6C5)C=CC5CCC2C3C54)C1. The lowest BCUT2D eigenvalue weighted by Crippen LogP contribution is -2.54. The second-order valence-corrected chi connectivity index (χ2v) is 17.0. The van der Waals surface area contributed by atoms with Gasteiger partial charge in [0.1, 0.15) is 0 Å². The molecule has 0 aromatic carbocycles. The summed E-state index contributed by atoms with van der Waals surface area (Å²) in [6, 6.07) is 0. The van der Waals surface area contributed by atoms with Crippen molar-refractivity contribution < 1.29 is 0 Å². The lowest BCUT2D eigenvalue weighted by Gasteiger charge is -2.61. The van der Waals surface area contributed by atoms with E-state index in [2.05, 4.69) is 26.0 Å². The van der Waals surface area contributed by atoms with Gasteiger partial charge in [-0.05, 0) is 178 Å². The van der Waals surface area contributed by atoms with Crippen LogP contribution < -0.4 is 0 Å². The Kier molecular flexibility index (Phi) is 6.85. The van der Waals surface area contributed by atoms with Gasteiger partial charge in [-0.15, -0.1) is 0 Å². The van der Waals surface area contributed by atoms with Gasteiger partial charge < -0.3 is 0 Å². The van der Waals surface area contributed by atoms with Gasteiger partial charge in [-0.25, -0.2) is 0 Å². The molecule has 0 aromatic rings. The van der Waals surface area contributed by atoms with Gasteiger partial charge in [-0.2, -0.15) is 0 Å². The van der Waals surface area contributed by atoms with Gasteiger partial charge in [-0.3, -0.25) is 0 Å². The average Bonchev–Trinajstić information content (AvgIpc) is 3.75. The first kappa shape index (κ1) is 25.5. The van der Waals surface area contributed by atoms with E-state index in [9.17, 15) is 0 Å². The van der Waals surface area contributed by atoms with Crippen LogP contribution in [0.4, 0.5) is 0 Å². The fraction of sp³-hybridized carbons (Fsp3) is 0.947. The van der Waals surface area contributed by atoms with Crippen molar-refractivity contribution in [3.8, 4) is 0 Å². The van der Waals surface area contributed by atoms with E-state index in [1.165, 1.54) is 19.3 Å². The molecule has 16 unspecified atom stereocenters. The Morgan fingerprint density at radius 1 is 0.500 bits per heavy atom. The molecule has 8 aliphatic carbocycles. The first-order valence-corrected chi connectivity index (χ1v) is 18.4. The van der Waals surface area contributed by atoms with Gasteiger partial charge in [0.2, 0.25) is 0 Å². The van der Waals surface area contributed by atoms with Crippen LogP contribution in [0.1, 0.15) is 129 Å². The van der Waals surface area contributed by atoms with Gasteiger partial charge in [0.25, 0.3) is 0 Å². The summed E-state index contributed by atoms with van der Waals surface area (Å²) in [6.07, 6.45) is 34.1. The third kappa shape index (κ3) is 4.34. The van der Waals surface area contributed by atoms with Crippen molar-refractivity contribution in [2.75, 3.05) is 0 Å². The van der Waals surface area contributed by atoms with E-state index in [1.54, 1.807) is 96.3 Å². The monoisotopic (exact) mass is 516 g/mol. The maximum Gasteiger partial charge on any atom is -0.0174 e. The summed E-state index contributed by atoms with van der Waals surface area (Å²) in [5.74, 6) is 17.1. The molecule has 0 amide bonds. The third-order valence-electron chi connectivity index (χ3n) is 15.5. The average molecular weight is 517 g/mol. The summed E-state index contributed by atoms with van der Waals surface area (Å²) in [5.41, 5.74) is 0. The molecular weight excluding hydrogens is 456 g/mol.